The number of carbonyl (C=O) groups excluding carboxylic acids is 2. The third-order valence-electron chi connectivity index (χ3n) is 9.97. The summed E-state index contributed by atoms with van der Waals surface area (Å²) < 4.78 is 0. The van der Waals surface area contributed by atoms with Crippen molar-refractivity contribution in [3.63, 3.8) is 0 Å². The van der Waals surface area contributed by atoms with E-state index in [-0.39, 0.29) is 179 Å². The normalized spacial score (nSPS) is 8.76. The standard InChI is InChI=1S/C15H10ClN3O2.C15H12ClN3.C8H7BrO.C7H6ClN3O2.C7H3ClN2O2.C2H6O.CH2O3.2CH4.6ClH.K.2H3N.Sn/c16-13-7-6-11(19(20)21)8-12(13)15-17-9-14(18-15)10-4-2-1-3-5-10;16-13-7-6-11(17)8-12(13)15-18-9-14(19-15)10-4-2-1-3-5-10;9-6-8(10)7-4-2-1-3-5-7;8-6-2-1-4(11(12)13)3-5(6)7(9)10;8-7-2-1-6(10(11)12)3-5(7)4-9;1-2-3;2-1-4-3;;;;;;;;;;;;/h1-9H,(H,17,18);1-9H,17H2,(H,18,19);1-5H,6H2;1-3H,(H3,9,10);1-3H;3H,2H2,1H3;1,3H;2*1H4;6*1H;;2*1H3;/q;;;;;;;;;;;;;;;+1;;;+3/p-4. The monoisotopic (exact) mass is 1690 g/mol. The van der Waals surface area contributed by atoms with E-state index < -0.39 is 31.1 Å². The van der Waals surface area contributed by atoms with Crippen molar-refractivity contribution in [2.75, 3.05) is 17.7 Å². The van der Waals surface area contributed by atoms with Gasteiger partial charge in [-0.25, -0.2) is 9.97 Å². The number of nitrogens with one attached hydrogen (secondary N) is 3. The zero-order valence-corrected chi connectivity index (χ0v) is 63.1. The van der Waals surface area contributed by atoms with Crippen LogP contribution >= 0.6 is 126 Å². The number of imidazole rings is 2. The minimum absolute atomic E-state index is 0. The fraction of sp³-hybridized carbons (Fsp3) is 0.0877. The number of aliphatic hydroxyl groups excluding tert-OH is 1. The second-order valence-electron chi connectivity index (χ2n) is 15.7. The van der Waals surface area contributed by atoms with Crippen LogP contribution in [0.3, 0.4) is 0 Å². The zero-order valence-electron chi connectivity index (χ0n) is 47.8. The van der Waals surface area contributed by atoms with Gasteiger partial charge in [0.05, 0.1) is 69.5 Å². The zero-order chi connectivity index (χ0) is 64.3. The molecule has 0 saturated carbocycles. The van der Waals surface area contributed by atoms with Gasteiger partial charge in [0, 0.05) is 70.9 Å². The van der Waals surface area contributed by atoms with E-state index in [2.05, 4.69) is 40.8 Å². The average molecular weight is 1700 g/mol. The van der Waals surface area contributed by atoms with Crippen LogP contribution in [-0.2, 0) is 9.68 Å². The molecule has 0 fully saturated rings. The molecule has 9 rings (SSSR count). The van der Waals surface area contributed by atoms with Crippen molar-refractivity contribution in [2.45, 2.75) is 21.8 Å². The Morgan fingerprint density at radius 1 is 0.670 bits per heavy atom. The fourth-order valence-electron chi connectivity index (χ4n) is 6.22. The first-order valence-corrected chi connectivity index (χ1v) is 37.1. The third-order valence-corrected chi connectivity index (χ3v) is 11.8. The topological polar surface area (TPSA) is 443 Å². The molecule has 2 heterocycles. The van der Waals surface area contributed by atoms with Gasteiger partial charge >= 0.3 is 94.5 Å². The van der Waals surface area contributed by atoms with Crippen LogP contribution in [0.15, 0.2) is 176 Å². The van der Waals surface area contributed by atoms with Crippen LogP contribution in [0, 0.1) is 47.1 Å². The molecule has 94 heavy (non-hydrogen) atoms. The molecular formula is C57H62BrCl10KN13O11Sn. The Kier molecular flexibility index (Phi) is 61.8. The molecule has 503 valence electrons. The number of aromatic nitrogens is 4. The Bertz CT molecular complexity index is 3710. The molecule has 0 spiro atoms. The number of benzene rings is 7. The van der Waals surface area contributed by atoms with Crippen LogP contribution in [0.2, 0.25) is 20.1 Å². The summed E-state index contributed by atoms with van der Waals surface area (Å²) in [7, 11) is 15.0. The molecule has 1 radical (unpaired) electrons. The van der Waals surface area contributed by atoms with Crippen LogP contribution in [0.1, 0.15) is 43.3 Å². The molecule has 0 atom stereocenters. The average Bonchev–Trinajstić information content (AvgIpc) is 1.64. The molecule has 0 aliphatic heterocycles. The number of non-ortho nitro benzene ring substituents is 3. The van der Waals surface area contributed by atoms with Gasteiger partial charge in [-0.3, -0.25) is 45.3 Å². The molecule has 7 aromatic carbocycles. The number of carbonyl (C=O) groups is 2. The quantitative estimate of drug-likeness (QED) is 0.00569. The number of rotatable bonds is 11. The molecule has 9 aromatic rings. The number of aromatic amines is 2. The van der Waals surface area contributed by atoms with Crippen molar-refractivity contribution in [1.82, 2.24) is 32.2 Å². The maximum Gasteiger partial charge on any atom is 1.00 e. The minimum Gasteiger partial charge on any atom is 1.00 e. The molecule has 0 unspecified atom stereocenters. The van der Waals surface area contributed by atoms with E-state index in [9.17, 15) is 35.1 Å². The van der Waals surface area contributed by atoms with Crippen LogP contribution in [0.4, 0.5) is 22.7 Å². The Labute approximate surface area is 649 Å². The maximum absolute atomic E-state index is 11.0. The first-order chi connectivity index (χ1) is 41.0. The van der Waals surface area contributed by atoms with Crippen molar-refractivity contribution in [3.05, 3.63) is 243 Å². The minimum atomic E-state index is -2.13. The number of nitro groups is 3. The molecule has 2 aromatic heterocycles. The maximum atomic E-state index is 11.0. The van der Waals surface area contributed by atoms with Gasteiger partial charge in [0.2, 0.25) is 0 Å². The van der Waals surface area contributed by atoms with Crippen LogP contribution in [0.5, 0.6) is 0 Å². The number of anilines is 1. The number of H-pyrrole nitrogens is 2. The summed E-state index contributed by atoms with van der Waals surface area (Å²) in [5.41, 5.74) is 17.5. The number of nitrogen functional groups attached to an aromatic ring is 2. The second-order valence-corrected chi connectivity index (χ2v) is 30.6. The molecule has 14 N–H and O–H groups in total. The molecule has 0 aliphatic rings. The van der Waals surface area contributed by atoms with Gasteiger partial charge in [-0.2, -0.15) is 5.26 Å². The van der Waals surface area contributed by atoms with Gasteiger partial charge in [0.15, 0.2) is 5.78 Å². The smallest absolute Gasteiger partial charge is 1.00 e. The van der Waals surface area contributed by atoms with Crippen molar-refractivity contribution in [2.24, 2.45) is 5.73 Å². The Morgan fingerprint density at radius 3 is 1.37 bits per heavy atom. The number of halogens is 11. The molecule has 0 aliphatic carbocycles. The summed E-state index contributed by atoms with van der Waals surface area (Å²) >= 11 is 24.5. The van der Waals surface area contributed by atoms with Crippen LogP contribution in [0.25, 0.3) is 45.3 Å². The van der Waals surface area contributed by atoms with Crippen molar-refractivity contribution >= 4 is 184 Å². The number of nitro benzene ring substituents is 3. The SMILES string of the molecule is C.C.CCO.Cl.Cl.Cl.N.N.N#Cc1cc([N+](=O)[O-])ccc1Cl.N=C(N)c1cc([N+](=O)[O-])ccc1Cl.Nc1ccc(Cl)c(-c2ncc(-c3ccccc3)[nH]2)c1.O=C(CBr)c1ccccc1.O=CO[O-].O=[N+]([O-])c1ccc(Cl)c(-c2ncc(-c3ccccc3)[nH]2)c1.[Cl][Sn]([Cl])[Cl].[K+]. The van der Waals surface area contributed by atoms with Crippen LogP contribution in [-0.4, -0.2) is 86.2 Å². The van der Waals surface area contributed by atoms with Crippen molar-refractivity contribution in [1.29, 1.82) is 10.7 Å². The summed E-state index contributed by atoms with van der Waals surface area (Å²) in [4.78, 5) is 67.1. The summed E-state index contributed by atoms with van der Waals surface area (Å²) in [6.07, 6.45) is 3.48. The number of nitriles is 1. The second kappa shape index (κ2) is 56.8. The molecular weight excluding hydrogens is 1630 g/mol. The number of nitrogens with two attached hydrogens (primary N) is 2. The molecule has 0 saturated heterocycles. The number of alkyl halides is 1. The van der Waals surface area contributed by atoms with E-state index in [1.54, 1.807) is 37.5 Å². The van der Waals surface area contributed by atoms with Gasteiger partial charge in [-0.05, 0) is 54.4 Å². The van der Waals surface area contributed by atoms with E-state index >= 15 is 0 Å². The number of aliphatic hydroxyl groups is 1. The molecule has 37 heteroatoms. The Balaban J connectivity index is -0.000000193. The summed E-state index contributed by atoms with van der Waals surface area (Å²) in [5.74, 6) is 1.06. The van der Waals surface area contributed by atoms with E-state index in [1.807, 2.05) is 97.1 Å². The van der Waals surface area contributed by atoms with Crippen LogP contribution < -0.4 is 80.4 Å². The first-order valence-electron chi connectivity index (χ1n) is 23.6. The third kappa shape index (κ3) is 37.9. The van der Waals surface area contributed by atoms with E-state index in [0.717, 1.165) is 45.5 Å². The molecule has 24 nitrogen and oxygen atoms in total. The first kappa shape index (κ1) is 102. The number of nitrogens with zero attached hydrogens (tertiary/aromatic N) is 6. The van der Waals surface area contributed by atoms with E-state index in [1.165, 1.54) is 48.5 Å². The Hall–Kier alpha value is -5.28. The summed E-state index contributed by atoms with van der Waals surface area (Å²) in [6.45, 7) is 1.75. The number of amidine groups is 1. The summed E-state index contributed by atoms with van der Waals surface area (Å²) in [6, 6.07) is 47.8. The molecule has 0 amide bonds. The van der Waals surface area contributed by atoms with Gasteiger partial charge in [0.25, 0.3) is 23.5 Å². The number of Topliss-reactive ketones (excluding diaryl/α,β-unsaturated/α-hetero) is 1. The van der Waals surface area contributed by atoms with Gasteiger partial charge in [-0.1, -0.05) is 168 Å². The van der Waals surface area contributed by atoms with E-state index in [4.69, 9.17) is 110 Å². The predicted octanol–water partition coefficient (Wildman–Crippen LogP) is 14.2. The van der Waals surface area contributed by atoms with Gasteiger partial charge < -0.3 is 49.0 Å². The van der Waals surface area contributed by atoms with Gasteiger partial charge in [0.1, 0.15) is 23.6 Å². The Morgan fingerprint density at radius 2 is 1.01 bits per heavy atom. The summed E-state index contributed by atoms with van der Waals surface area (Å²) in [5, 5.41) is 64.9. The van der Waals surface area contributed by atoms with Crippen molar-refractivity contribution < 1.29 is 91.0 Å². The predicted molar refractivity (Wildman–Crippen MR) is 385 cm³/mol. The fourth-order valence-corrected chi connectivity index (χ4v) is 7.34. The van der Waals surface area contributed by atoms with Crippen molar-refractivity contribution in [3.8, 4) is 51.4 Å². The van der Waals surface area contributed by atoms with E-state index in [0.29, 0.717) is 32.5 Å². The largest absolute Gasteiger partial charge is 1.00 e. The molecule has 0 bridgehead atoms. The van der Waals surface area contributed by atoms with Gasteiger partial charge in [-0.15, -0.1) is 37.2 Å². The number of hydrogen-bond acceptors (Lipinski definition) is 18. The number of ketones is 1. The number of hydrogen-bond donors (Lipinski definition) is 8.